The molecule has 2 saturated heterocycles. The summed E-state index contributed by atoms with van der Waals surface area (Å²) in [4.78, 5) is 13.9. The van der Waals surface area contributed by atoms with Gasteiger partial charge in [0, 0.05) is 38.2 Å². The average molecular weight is 270 g/mol. The first-order valence-corrected chi connectivity index (χ1v) is 7.20. The maximum absolute atomic E-state index is 12.1. The molecule has 0 aliphatic carbocycles. The topological polar surface area (TPSA) is 50.8 Å². The van der Waals surface area contributed by atoms with Gasteiger partial charge in [-0.2, -0.15) is 0 Å². The summed E-state index contributed by atoms with van der Waals surface area (Å²) in [5, 5.41) is 3.51. The predicted octanol–water partition coefficient (Wildman–Crippen LogP) is 1.62. The molecule has 0 aromatic heterocycles. The summed E-state index contributed by atoms with van der Waals surface area (Å²) in [6, 6.07) is 0.318. The number of ether oxygens (including phenoxy) is 2. The minimum absolute atomic E-state index is 0.203. The Kier molecular flexibility index (Phi) is 4.36. The lowest BCUT2D eigenvalue weighted by Crippen LogP contribution is -2.57. The minimum Gasteiger partial charge on any atom is -0.444 e. The molecule has 2 rings (SSSR count). The zero-order valence-corrected chi connectivity index (χ0v) is 12.4. The molecule has 1 N–H and O–H groups in total. The van der Waals surface area contributed by atoms with Gasteiger partial charge in [-0.3, -0.25) is 0 Å². The van der Waals surface area contributed by atoms with E-state index in [1.54, 1.807) is 0 Å². The molecule has 3 atom stereocenters. The number of nitrogens with zero attached hydrogens (tertiary/aromatic N) is 1. The van der Waals surface area contributed by atoms with Gasteiger partial charge in [-0.25, -0.2) is 4.79 Å². The Bertz CT molecular complexity index is 327. The highest BCUT2D eigenvalue weighted by Crippen LogP contribution is 2.26. The van der Waals surface area contributed by atoms with Crippen molar-refractivity contribution in [2.24, 2.45) is 5.92 Å². The lowest BCUT2D eigenvalue weighted by Gasteiger charge is -2.38. The summed E-state index contributed by atoms with van der Waals surface area (Å²) in [5.41, 5.74) is -0.429. The molecule has 19 heavy (non-hydrogen) atoms. The van der Waals surface area contributed by atoms with Crippen molar-refractivity contribution in [1.29, 1.82) is 0 Å². The van der Waals surface area contributed by atoms with Gasteiger partial charge in [0.2, 0.25) is 0 Å². The zero-order chi connectivity index (χ0) is 14.0. The van der Waals surface area contributed by atoms with Crippen molar-refractivity contribution in [3.63, 3.8) is 0 Å². The van der Waals surface area contributed by atoms with E-state index in [1.807, 2.05) is 25.7 Å². The van der Waals surface area contributed by atoms with Crippen molar-refractivity contribution >= 4 is 6.09 Å². The molecular weight excluding hydrogens is 244 g/mol. The van der Waals surface area contributed by atoms with Gasteiger partial charge < -0.3 is 19.7 Å². The molecule has 5 heteroatoms. The molecule has 0 spiro atoms. The van der Waals surface area contributed by atoms with E-state index in [2.05, 4.69) is 12.2 Å². The standard InChI is InChI=1S/C14H26N2O3/c1-10-11(5-8-18-10)12-9-16(7-6-15-12)13(17)19-14(2,3)4/h10-12,15H,5-9H2,1-4H3. The summed E-state index contributed by atoms with van der Waals surface area (Å²) in [5.74, 6) is 0.491. The van der Waals surface area contributed by atoms with Crippen LogP contribution < -0.4 is 5.32 Å². The largest absolute Gasteiger partial charge is 0.444 e. The van der Waals surface area contributed by atoms with Crippen molar-refractivity contribution in [2.45, 2.75) is 51.9 Å². The van der Waals surface area contributed by atoms with Crippen molar-refractivity contribution in [2.75, 3.05) is 26.2 Å². The van der Waals surface area contributed by atoms with E-state index in [-0.39, 0.29) is 12.2 Å². The maximum atomic E-state index is 12.1. The third-order valence-electron chi connectivity index (χ3n) is 3.81. The smallest absolute Gasteiger partial charge is 0.410 e. The van der Waals surface area contributed by atoms with Crippen LogP contribution in [0, 0.1) is 5.92 Å². The highest BCUT2D eigenvalue weighted by atomic mass is 16.6. The summed E-state index contributed by atoms with van der Waals surface area (Å²) in [6.45, 7) is 10.9. The van der Waals surface area contributed by atoms with Crippen LogP contribution in [0.15, 0.2) is 0 Å². The number of hydrogen-bond acceptors (Lipinski definition) is 4. The van der Waals surface area contributed by atoms with Crippen LogP contribution in [0.3, 0.4) is 0 Å². The minimum atomic E-state index is -0.429. The van der Waals surface area contributed by atoms with Crippen LogP contribution in [0.2, 0.25) is 0 Å². The highest BCUT2D eigenvalue weighted by molar-refractivity contribution is 5.68. The third-order valence-corrected chi connectivity index (χ3v) is 3.81. The van der Waals surface area contributed by atoms with Gasteiger partial charge in [0.15, 0.2) is 0 Å². The van der Waals surface area contributed by atoms with Gasteiger partial charge in [-0.15, -0.1) is 0 Å². The van der Waals surface area contributed by atoms with Crippen LogP contribution in [-0.4, -0.2) is 55.0 Å². The number of rotatable bonds is 1. The van der Waals surface area contributed by atoms with Crippen LogP contribution >= 0.6 is 0 Å². The fourth-order valence-electron chi connectivity index (χ4n) is 2.83. The van der Waals surface area contributed by atoms with Gasteiger partial charge >= 0.3 is 6.09 Å². The molecule has 3 unspecified atom stereocenters. The van der Waals surface area contributed by atoms with E-state index >= 15 is 0 Å². The van der Waals surface area contributed by atoms with E-state index in [1.165, 1.54) is 0 Å². The van der Waals surface area contributed by atoms with Crippen LogP contribution in [-0.2, 0) is 9.47 Å². The second-order valence-electron chi connectivity index (χ2n) is 6.52. The van der Waals surface area contributed by atoms with Gasteiger partial charge in [0.05, 0.1) is 6.10 Å². The summed E-state index contributed by atoms with van der Waals surface area (Å²) >= 11 is 0. The van der Waals surface area contributed by atoms with Crippen LogP contribution in [0.1, 0.15) is 34.1 Å². The molecule has 0 radical (unpaired) electrons. The van der Waals surface area contributed by atoms with Gasteiger partial charge in [0.25, 0.3) is 0 Å². The molecule has 2 fully saturated rings. The van der Waals surface area contributed by atoms with E-state index in [0.717, 1.165) is 19.6 Å². The lowest BCUT2D eigenvalue weighted by molar-refractivity contribution is 0.0143. The zero-order valence-electron chi connectivity index (χ0n) is 12.4. The summed E-state index contributed by atoms with van der Waals surface area (Å²) in [7, 11) is 0. The van der Waals surface area contributed by atoms with Gasteiger partial charge in [-0.05, 0) is 34.1 Å². The molecule has 2 aliphatic rings. The third kappa shape index (κ3) is 3.83. The number of carbonyl (C=O) groups is 1. The van der Waals surface area contributed by atoms with Crippen LogP contribution in [0.4, 0.5) is 4.79 Å². The van der Waals surface area contributed by atoms with E-state index in [9.17, 15) is 4.79 Å². The Hall–Kier alpha value is -0.810. The fraction of sp³-hybridized carbons (Fsp3) is 0.929. The van der Waals surface area contributed by atoms with E-state index in [0.29, 0.717) is 25.0 Å². The predicted molar refractivity (Wildman–Crippen MR) is 73.1 cm³/mol. The van der Waals surface area contributed by atoms with Crippen molar-refractivity contribution < 1.29 is 14.3 Å². The van der Waals surface area contributed by atoms with Gasteiger partial charge in [-0.1, -0.05) is 0 Å². The molecule has 2 aliphatic heterocycles. The normalized spacial score (nSPS) is 32.4. The maximum Gasteiger partial charge on any atom is 0.410 e. The van der Waals surface area contributed by atoms with Crippen molar-refractivity contribution in [3.05, 3.63) is 0 Å². The van der Waals surface area contributed by atoms with Crippen molar-refractivity contribution in [3.8, 4) is 0 Å². The average Bonchev–Trinajstić information content (AvgIpc) is 2.73. The monoisotopic (exact) mass is 270 g/mol. The van der Waals surface area contributed by atoms with Crippen LogP contribution in [0.5, 0.6) is 0 Å². The highest BCUT2D eigenvalue weighted by Gasteiger charge is 2.36. The Labute approximate surface area is 115 Å². The first-order valence-electron chi connectivity index (χ1n) is 7.20. The Morgan fingerprint density at radius 2 is 2.16 bits per heavy atom. The molecule has 110 valence electrons. The number of piperazine rings is 1. The molecule has 5 nitrogen and oxygen atoms in total. The molecule has 0 saturated carbocycles. The Balaban J connectivity index is 1.91. The number of nitrogens with one attached hydrogen (secondary N) is 1. The first kappa shape index (κ1) is 14.6. The SMILES string of the molecule is CC1OCCC1C1CN(C(=O)OC(C)(C)C)CCN1. The molecule has 2 heterocycles. The Morgan fingerprint density at radius 1 is 1.42 bits per heavy atom. The summed E-state index contributed by atoms with van der Waals surface area (Å²) < 4.78 is 11.1. The second-order valence-corrected chi connectivity index (χ2v) is 6.52. The number of amides is 1. The Morgan fingerprint density at radius 3 is 2.74 bits per heavy atom. The quantitative estimate of drug-likeness (QED) is 0.786. The van der Waals surface area contributed by atoms with E-state index in [4.69, 9.17) is 9.47 Å². The molecule has 0 bridgehead atoms. The van der Waals surface area contributed by atoms with Gasteiger partial charge in [0.1, 0.15) is 5.60 Å². The second kappa shape index (κ2) is 5.67. The fourth-order valence-corrected chi connectivity index (χ4v) is 2.83. The van der Waals surface area contributed by atoms with E-state index < -0.39 is 5.60 Å². The van der Waals surface area contributed by atoms with Crippen LogP contribution in [0.25, 0.3) is 0 Å². The first-order chi connectivity index (χ1) is 8.87. The molecule has 0 aromatic carbocycles. The molecule has 1 amide bonds. The lowest BCUT2D eigenvalue weighted by atomic mass is 9.92. The molecule has 0 aromatic rings. The molecular formula is C14H26N2O3. The number of carbonyl (C=O) groups excluding carboxylic acids is 1. The number of hydrogen-bond donors (Lipinski definition) is 1. The van der Waals surface area contributed by atoms with Crippen molar-refractivity contribution in [1.82, 2.24) is 10.2 Å². The summed E-state index contributed by atoms with van der Waals surface area (Å²) in [6.07, 6.45) is 1.14.